The molecule has 4 heterocycles. The SMILES string of the molecule is O=C(c1csc(-c2cn[nH]c2)c1)N1CCCC2CC(O)(c3ccncn3)CC21. The third-order valence-corrected chi connectivity index (χ3v) is 6.99. The number of rotatable bonds is 3. The quantitative estimate of drug-likeness (QED) is 0.711. The molecule has 2 fully saturated rings. The van der Waals surface area contributed by atoms with Crippen molar-refractivity contribution in [2.75, 3.05) is 6.54 Å². The molecule has 0 aromatic carbocycles. The van der Waals surface area contributed by atoms with E-state index < -0.39 is 5.60 Å². The van der Waals surface area contributed by atoms with Crippen LogP contribution in [0.25, 0.3) is 10.4 Å². The highest BCUT2D eigenvalue weighted by atomic mass is 32.1. The van der Waals surface area contributed by atoms with Gasteiger partial charge >= 0.3 is 0 Å². The van der Waals surface area contributed by atoms with E-state index in [0.29, 0.717) is 30.0 Å². The zero-order chi connectivity index (χ0) is 19.1. The van der Waals surface area contributed by atoms with Gasteiger partial charge in [-0.2, -0.15) is 5.10 Å². The molecular formula is C20H21N5O2S. The Balaban J connectivity index is 1.39. The van der Waals surface area contributed by atoms with Gasteiger partial charge in [0.15, 0.2) is 0 Å². The minimum Gasteiger partial charge on any atom is -0.383 e. The van der Waals surface area contributed by atoms with E-state index >= 15 is 0 Å². The number of nitrogens with one attached hydrogen (secondary N) is 1. The van der Waals surface area contributed by atoms with Crippen LogP contribution in [0.15, 0.2) is 42.4 Å². The van der Waals surface area contributed by atoms with Gasteiger partial charge in [0.1, 0.15) is 11.9 Å². The molecule has 7 nitrogen and oxygen atoms in total. The van der Waals surface area contributed by atoms with Crippen LogP contribution >= 0.6 is 11.3 Å². The van der Waals surface area contributed by atoms with Crippen LogP contribution < -0.4 is 0 Å². The van der Waals surface area contributed by atoms with Crippen LogP contribution in [0.3, 0.4) is 0 Å². The molecule has 1 saturated heterocycles. The van der Waals surface area contributed by atoms with E-state index in [2.05, 4.69) is 20.2 Å². The van der Waals surface area contributed by atoms with Crippen LogP contribution in [0, 0.1) is 5.92 Å². The molecule has 3 atom stereocenters. The Morgan fingerprint density at radius 2 is 2.32 bits per heavy atom. The summed E-state index contributed by atoms with van der Waals surface area (Å²) in [5.41, 5.74) is 1.36. The summed E-state index contributed by atoms with van der Waals surface area (Å²) in [5.74, 6) is 0.345. The van der Waals surface area contributed by atoms with Crippen LogP contribution in [0.1, 0.15) is 41.7 Å². The van der Waals surface area contributed by atoms with Crippen LogP contribution in [0.5, 0.6) is 0 Å². The first kappa shape index (κ1) is 17.5. The van der Waals surface area contributed by atoms with Crippen molar-refractivity contribution in [2.24, 2.45) is 5.92 Å². The number of carbonyl (C=O) groups excluding carboxylic acids is 1. The third kappa shape index (κ3) is 2.93. The van der Waals surface area contributed by atoms with Gasteiger partial charge in [-0.3, -0.25) is 9.89 Å². The molecule has 28 heavy (non-hydrogen) atoms. The molecule has 1 aliphatic carbocycles. The number of fused-ring (bicyclic) bond motifs is 1. The Morgan fingerprint density at radius 1 is 1.39 bits per heavy atom. The number of aromatic amines is 1. The zero-order valence-electron chi connectivity index (χ0n) is 15.3. The lowest BCUT2D eigenvalue weighted by atomic mass is 9.91. The normalized spacial score (nSPS) is 27.0. The molecule has 3 aromatic rings. The number of aliphatic hydroxyl groups is 1. The van der Waals surface area contributed by atoms with Crippen molar-refractivity contribution in [3.63, 3.8) is 0 Å². The van der Waals surface area contributed by atoms with E-state index in [1.54, 1.807) is 29.8 Å². The number of thiophene rings is 1. The summed E-state index contributed by atoms with van der Waals surface area (Å²) < 4.78 is 0. The van der Waals surface area contributed by atoms with Crippen LogP contribution in [-0.4, -0.2) is 48.7 Å². The van der Waals surface area contributed by atoms with E-state index in [-0.39, 0.29) is 11.9 Å². The number of hydrogen-bond donors (Lipinski definition) is 2. The van der Waals surface area contributed by atoms with Crippen molar-refractivity contribution < 1.29 is 9.90 Å². The van der Waals surface area contributed by atoms with Crippen molar-refractivity contribution in [1.29, 1.82) is 0 Å². The number of amides is 1. The van der Waals surface area contributed by atoms with Gasteiger partial charge in [0.25, 0.3) is 5.91 Å². The second-order valence-electron chi connectivity index (χ2n) is 7.69. The molecule has 3 unspecified atom stereocenters. The Kier molecular flexibility index (Phi) is 4.25. The van der Waals surface area contributed by atoms with Gasteiger partial charge in [0.05, 0.1) is 17.5 Å². The van der Waals surface area contributed by atoms with E-state index in [4.69, 9.17) is 0 Å². The minimum atomic E-state index is -0.988. The van der Waals surface area contributed by atoms with E-state index in [9.17, 15) is 9.90 Å². The van der Waals surface area contributed by atoms with Gasteiger partial charge in [0.2, 0.25) is 0 Å². The van der Waals surface area contributed by atoms with Crippen molar-refractivity contribution >= 4 is 17.2 Å². The summed E-state index contributed by atoms with van der Waals surface area (Å²) in [5, 5.41) is 20.0. The second-order valence-corrected chi connectivity index (χ2v) is 8.60. The number of likely N-dealkylation sites (tertiary alicyclic amines) is 1. The summed E-state index contributed by atoms with van der Waals surface area (Å²) in [6.45, 7) is 0.733. The molecular weight excluding hydrogens is 374 g/mol. The number of piperidine rings is 1. The van der Waals surface area contributed by atoms with Crippen molar-refractivity contribution in [1.82, 2.24) is 25.1 Å². The molecule has 1 amide bonds. The van der Waals surface area contributed by atoms with Crippen molar-refractivity contribution in [3.8, 4) is 10.4 Å². The fourth-order valence-corrected chi connectivity index (χ4v) is 5.56. The molecule has 2 N–H and O–H groups in total. The summed E-state index contributed by atoms with van der Waals surface area (Å²) in [4.78, 5) is 24.5. The molecule has 2 aliphatic rings. The van der Waals surface area contributed by atoms with Gasteiger partial charge in [-0.15, -0.1) is 11.3 Å². The maximum Gasteiger partial charge on any atom is 0.254 e. The Morgan fingerprint density at radius 3 is 3.11 bits per heavy atom. The largest absolute Gasteiger partial charge is 0.383 e. The summed E-state index contributed by atoms with van der Waals surface area (Å²) in [7, 11) is 0. The summed E-state index contributed by atoms with van der Waals surface area (Å²) in [6, 6.07) is 3.76. The van der Waals surface area contributed by atoms with Crippen molar-refractivity contribution in [3.05, 3.63) is 53.7 Å². The maximum absolute atomic E-state index is 13.3. The number of carbonyl (C=O) groups is 1. The predicted octanol–water partition coefficient (Wildman–Crippen LogP) is 2.83. The lowest BCUT2D eigenvalue weighted by Gasteiger charge is -2.37. The molecule has 0 radical (unpaired) electrons. The Bertz CT molecular complexity index is 974. The molecule has 5 rings (SSSR count). The van der Waals surface area contributed by atoms with E-state index in [0.717, 1.165) is 29.8 Å². The standard InChI is InChI=1S/C20H21N5O2S/c26-19(14-6-17(28-11-14)15-9-23-24-10-15)25-5-1-2-13-7-20(27,8-16(13)25)18-3-4-21-12-22-18/h3-4,6,9-13,16,27H,1-2,5,7-8H2,(H,23,24). The first-order valence-electron chi connectivity index (χ1n) is 9.51. The van der Waals surface area contributed by atoms with E-state index in [1.165, 1.54) is 6.33 Å². The van der Waals surface area contributed by atoms with Crippen LogP contribution in [0.2, 0.25) is 0 Å². The van der Waals surface area contributed by atoms with Gasteiger partial charge in [-0.05, 0) is 37.3 Å². The predicted molar refractivity (Wildman–Crippen MR) is 105 cm³/mol. The molecule has 0 spiro atoms. The van der Waals surface area contributed by atoms with Crippen LogP contribution in [-0.2, 0) is 5.60 Å². The van der Waals surface area contributed by atoms with E-state index in [1.807, 2.05) is 22.5 Å². The molecule has 144 valence electrons. The first-order valence-corrected chi connectivity index (χ1v) is 10.4. The van der Waals surface area contributed by atoms with Gasteiger partial charge in [-0.1, -0.05) is 0 Å². The topological polar surface area (TPSA) is 95.0 Å². The number of nitrogens with zero attached hydrogens (tertiary/aromatic N) is 4. The molecule has 3 aromatic heterocycles. The average Bonchev–Trinajstić information content (AvgIpc) is 3.46. The van der Waals surface area contributed by atoms with Crippen molar-refractivity contribution in [2.45, 2.75) is 37.3 Å². The number of aromatic nitrogens is 4. The first-order chi connectivity index (χ1) is 13.6. The highest BCUT2D eigenvalue weighted by Gasteiger charge is 2.50. The molecule has 1 saturated carbocycles. The van der Waals surface area contributed by atoms with Gasteiger partial charge < -0.3 is 10.0 Å². The average molecular weight is 395 g/mol. The highest BCUT2D eigenvalue weighted by Crippen LogP contribution is 2.47. The molecule has 8 heteroatoms. The fraction of sp³-hybridized carbons (Fsp3) is 0.400. The number of H-pyrrole nitrogens is 1. The zero-order valence-corrected chi connectivity index (χ0v) is 16.1. The highest BCUT2D eigenvalue weighted by molar-refractivity contribution is 7.13. The monoisotopic (exact) mass is 395 g/mol. The Hall–Kier alpha value is -2.58. The minimum absolute atomic E-state index is 0.0403. The molecule has 1 aliphatic heterocycles. The molecule has 0 bridgehead atoms. The lowest BCUT2D eigenvalue weighted by Crippen LogP contribution is -2.46. The fourth-order valence-electron chi connectivity index (χ4n) is 4.69. The number of hydrogen-bond acceptors (Lipinski definition) is 6. The lowest BCUT2D eigenvalue weighted by molar-refractivity contribution is 0.0293. The third-order valence-electron chi connectivity index (χ3n) is 6.01. The van der Waals surface area contributed by atoms with Gasteiger partial charge in [-0.25, -0.2) is 9.97 Å². The summed E-state index contributed by atoms with van der Waals surface area (Å²) in [6.07, 6.45) is 9.89. The Labute approximate surface area is 166 Å². The smallest absolute Gasteiger partial charge is 0.254 e. The summed E-state index contributed by atoms with van der Waals surface area (Å²) >= 11 is 1.55. The van der Waals surface area contributed by atoms with Gasteiger partial charge in [0, 0.05) is 47.2 Å². The second kappa shape index (κ2) is 6.79. The maximum atomic E-state index is 13.3. The van der Waals surface area contributed by atoms with Crippen LogP contribution in [0.4, 0.5) is 0 Å².